The summed E-state index contributed by atoms with van der Waals surface area (Å²) in [5.41, 5.74) is -0.135. The maximum absolute atomic E-state index is 12.4. The molecule has 1 aromatic carbocycles. The lowest BCUT2D eigenvalue weighted by molar-refractivity contribution is -0.137. The van der Waals surface area contributed by atoms with Crippen LogP contribution in [0.1, 0.15) is 5.56 Å². The van der Waals surface area contributed by atoms with Crippen molar-refractivity contribution in [3.8, 4) is 0 Å². The fourth-order valence-electron chi connectivity index (χ4n) is 1.76. The minimum absolute atomic E-state index is 0.292. The number of nitrogens with zero attached hydrogens (tertiary/aromatic N) is 1. The van der Waals surface area contributed by atoms with Crippen molar-refractivity contribution in [3.63, 3.8) is 0 Å². The fraction of sp³-hybridized carbons (Fsp3) is 0.417. The van der Waals surface area contributed by atoms with Crippen LogP contribution in [-0.2, 0) is 10.9 Å². The summed E-state index contributed by atoms with van der Waals surface area (Å²) >= 11 is 0. The number of rotatable bonds is 3. The molecule has 2 rings (SSSR count). The van der Waals surface area contributed by atoms with Crippen LogP contribution in [0.4, 0.5) is 23.7 Å². The van der Waals surface area contributed by atoms with Gasteiger partial charge in [-0.3, -0.25) is 0 Å². The Hall–Kier alpha value is -1.92. The summed E-state index contributed by atoms with van der Waals surface area (Å²) in [6, 6.07) is 4.72. The Bertz CT molecular complexity index is 459. The van der Waals surface area contributed by atoms with Crippen molar-refractivity contribution in [2.45, 2.75) is 12.3 Å². The number of hydrogen-bond donors (Lipinski definition) is 1. The van der Waals surface area contributed by atoms with Gasteiger partial charge in [0.1, 0.15) is 6.10 Å². The van der Waals surface area contributed by atoms with Crippen molar-refractivity contribution in [2.75, 3.05) is 25.5 Å². The number of carbonyl (C=O) groups is 1. The highest BCUT2D eigenvalue weighted by atomic mass is 19.4. The van der Waals surface area contributed by atoms with E-state index in [9.17, 15) is 18.0 Å². The van der Waals surface area contributed by atoms with Crippen molar-refractivity contribution in [1.29, 1.82) is 0 Å². The van der Waals surface area contributed by atoms with Gasteiger partial charge in [-0.1, -0.05) is 0 Å². The number of hydrogen-bond acceptors (Lipinski definition) is 3. The highest BCUT2D eigenvalue weighted by Gasteiger charge is 2.30. The zero-order chi connectivity index (χ0) is 14.0. The molecule has 1 atom stereocenters. The van der Waals surface area contributed by atoms with E-state index in [1.165, 1.54) is 17.0 Å². The second-order valence-corrected chi connectivity index (χ2v) is 4.34. The number of carbonyl (C=O) groups excluding carboxylic acids is 1. The first kappa shape index (κ1) is 13.5. The summed E-state index contributed by atoms with van der Waals surface area (Å²) in [6.07, 6.45) is -5.01. The predicted octanol–water partition coefficient (Wildman–Crippen LogP) is 2.57. The summed E-state index contributed by atoms with van der Waals surface area (Å²) in [6.45, 7) is 0.827. The molecule has 0 spiro atoms. The van der Waals surface area contributed by atoms with Crippen LogP contribution < -0.4 is 5.32 Å². The summed E-state index contributed by atoms with van der Waals surface area (Å²) in [4.78, 5) is 12.5. The van der Waals surface area contributed by atoms with Crippen molar-refractivity contribution in [2.24, 2.45) is 0 Å². The van der Waals surface area contributed by atoms with E-state index < -0.39 is 11.7 Å². The molecule has 7 heteroatoms. The van der Waals surface area contributed by atoms with Crippen LogP contribution in [0.2, 0.25) is 0 Å². The molecular weight excluding hydrogens is 261 g/mol. The smallest absolute Gasteiger partial charge is 0.416 e. The molecule has 1 aliphatic rings. The topological polar surface area (TPSA) is 41.6 Å². The molecule has 1 heterocycles. The molecule has 19 heavy (non-hydrogen) atoms. The molecular formula is C12H13F3N2O2. The molecule has 1 N–H and O–H groups in total. The van der Waals surface area contributed by atoms with E-state index in [1.54, 1.807) is 7.05 Å². The summed E-state index contributed by atoms with van der Waals surface area (Å²) in [5, 5.41) is 2.94. The Morgan fingerprint density at radius 1 is 1.37 bits per heavy atom. The SMILES string of the molecule is CN1C[C@H](CNc2ccc(C(F)(F)F)cc2)OC1=O. The third kappa shape index (κ3) is 3.30. The minimum Gasteiger partial charge on any atom is -0.442 e. The number of anilines is 1. The molecule has 104 valence electrons. The lowest BCUT2D eigenvalue weighted by Gasteiger charge is -2.12. The zero-order valence-electron chi connectivity index (χ0n) is 10.2. The molecule has 4 nitrogen and oxygen atoms in total. The number of likely N-dealkylation sites (N-methyl/N-ethyl adjacent to an activating group) is 1. The second kappa shape index (κ2) is 4.99. The number of halogens is 3. The molecule has 0 aromatic heterocycles. The zero-order valence-corrected chi connectivity index (χ0v) is 10.2. The van der Waals surface area contributed by atoms with Crippen molar-refractivity contribution >= 4 is 11.8 Å². The Morgan fingerprint density at radius 3 is 2.47 bits per heavy atom. The average molecular weight is 274 g/mol. The van der Waals surface area contributed by atoms with Gasteiger partial charge in [-0.2, -0.15) is 13.2 Å². The molecule has 1 aliphatic heterocycles. The average Bonchev–Trinajstić information content (AvgIpc) is 2.66. The molecule has 0 bridgehead atoms. The number of benzene rings is 1. The van der Waals surface area contributed by atoms with E-state index >= 15 is 0 Å². The third-order valence-electron chi connectivity index (χ3n) is 2.80. The van der Waals surface area contributed by atoms with Crippen LogP contribution in [0, 0.1) is 0 Å². The van der Waals surface area contributed by atoms with Crippen LogP contribution in [0.5, 0.6) is 0 Å². The van der Waals surface area contributed by atoms with Gasteiger partial charge >= 0.3 is 12.3 Å². The fourth-order valence-corrected chi connectivity index (χ4v) is 1.76. The van der Waals surface area contributed by atoms with Gasteiger partial charge in [-0.25, -0.2) is 4.79 Å². The molecule has 1 aromatic rings. The van der Waals surface area contributed by atoms with Crippen molar-refractivity contribution in [1.82, 2.24) is 4.90 Å². The summed E-state index contributed by atoms with van der Waals surface area (Å²) in [5.74, 6) is 0. The molecule has 1 fully saturated rings. The standard InChI is InChI=1S/C12H13F3N2O2/c1-17-7-10(19-11(17)18)6-16-9-4-2-8(3-5-9)12(13,14)15/h2-5,10,16H,6-7H2,1H3/t10-/m0/s1. The largest absolute Gasteiger partial charge is 0.442 e. The maximum Gasteiger partial charge on any atom is 0.416 e. The van der Waals surface area contributed by atoms with Gasteiger partial charge in [0.2, 0.25) is 0 Å². The Kier molecular flexibility index (Phi) is 3.55. The van der Waals surface area contributed by atoms with Crippen LogP contribution in [-0.4, -0.2) is 37.2 Å². The normalized spacial score (nSPS) is 19.5. The van der Waals surface area contributed by atoms with Crippen LogP contribution >= 0.6 is 0 Å². The monoisotopic (exact) mass is 274 g/mol. The Balaban J connectivity index is 1.89. The lowest BCUT2D eigenvalue weighted by Crippen LogP contribution is -2.24. The van der Waals surface area contributed by atoms with Gasteiger partial charge in [0.05, 0.1) is 18.7 Å². The number of nitrogens with one attached hydrogen (secondary N) is 1. The van der Waals surface area contributed by atoms with Crippen LogP contribution in [0.25, 0.3) is 0 Å². The molecule has 0 radical (unpaired) electrons. The highest BCUT2D eigenvalue weighted by Crippen LogP contribution is 2.29. The van der Waals surface area contributed by atoms with E-state index in [0.29, 0.717) is 18.8 Å². The van der Waals surface area contributed by atoms with Gasteiger partial charge in [0.25, 0.3) is 0 Å². The Morgan fingerprint density at radius 2 is 2.00 bits per heavy atom. The Labute approximate surface area is 108 Å². The molecule has 1 saturated heterocycles. The van der Waals surface area contributed by atoms with E-state index in [4.69, 9.17) is 4.74 Å². The first-order valence-corrected chi connectivity index (χ1v) is 5.69. The van der Waals surface area contributed by atoms with E-state index in [1.807, 2.05) is 0 Å². The quantitative estimate of drug-likeness (QED) is 0.921. The van der Waals surface area contributed by atoms with Gasteiger partial charge in [-0.15, -0.1) is 0 Å². The van der Waals surface area contributed by atoms with Gasteiger partial charge in [-0.05, 0) is 24.3 Å². The summed E-state index contributed by atoms with van der Waals surface area (Å²) < 4.78 is 42.1. The van der Waals surface area contributed by atoms with E-state index in [-0.39, 0.29) is 12.2 Å². The lowest BCUT2D eigenvalue weighted by atomic mass is 10.2. The first-order chi connectivity index (χ1) is 8.86. The van der Waals surface area contributed by atoms with Gasteiger partial charge < -0.3 is 15.0 Å². The number of cyclic esters (lactones) is 1. The predicted molar refractivity (Wildman–Crippen MR) is 62.8 cm³/mol. The molecule has 0 aliphatic carbocycles. The molecule has 1 amide bonds. The molecule has 0 unspecified atom stereocenters. The highest BCUT2D eigenvalue weighted by molar-refractivity contribution is 5.69. The van der Waals surface area contributed by atoms with E-state index in [0.717, 1.165) is 12.1 Å². The third-order valence-corrected chi connectivity index (χ3v) is 2.80. The first-order valence-electron chi connectivity index (χ1n) is 5.69. The molecule has 0 saturated carbocycles. The van der Waals surface area contributed by atoms with Crippen LogP contribution in [0.3, 0.4) is 0 Å². The van der Waals surface area contributed by atoms with Gasteiger partial charge in [0.15, 0.2) is 0 Å². The maximum atomic E-state index is 12.4. The number of amides is 1. The van der Waals surface area contributed by atoms with Crippen LogP contribution in [0.15, 0.2) is 24.3 Å². The van der Waals surface area contributed by atoms with E-state index in [2.05, 4.69) is 5.32 Å². The number of alkyl halides is 3. The minimum atomic E-state index is -4.33. The van der Waals surface area contributed by atoms with Crippen molar-refractivity contribution < 1.29 is 22.7 Å². The van der Waals surface area contributed by atoms with Crippen molar-refractivity contribution in [3.05, 3.63) is 29.8 Å². The van der Waals surface area contributed by atoms with Gasteiger partial charge in [0, 0.05) is 12.7 Å². The summed E-state index contributed by atoms with van der Waals surface area (Å²) in [7, 11) is 1.63. The second-order valence-electron chi connectivity index (χ2n) is 4.34. The number of ether oxygens (including phenoxy) is 1.